The zero-order valence-electron chi connectivity index (χ0n) is 9.36. The number of halogens is 3. The van der Waals surface area contributed by atoms with Gasteiger partial charge in [0, 0.05) is 6.20 Å². The van der Waals surface area contributed by atoms with Gasteiger partial charge in [-0.15, -0.1) is 0 Å². The van der Waals surface area contributed by atoms with Crippen LogP contribution in [0.2, 0.25) is 0 Å². The highest BCUT2D eigenvalue weighted by molar-refractivity contribution is 9.10. The summed E-state index contributed by atoms with van der Waals surface area (Å²) >= 11 is 2.95. The molecule has 1 aromatic heterocycles. The van der Waals surface area contributed by atoms with E-state index in [0.717, 1.165) is 6.07 Å². The lowest BCUT2D eigenvalue weighted by Crippen LogP contribution is -2.09. The van der Waals surface area contributed by atoms with E-state index < -0.39 is 23.3 Å². The number of aliphatic hydroxyl groups excluding tert-OH is 1. The van der Waals surface area contributed by atoms with Crippen molar-refractivity contribution in [2.45, 2.75) is 13.0 Å². The smallest absolute Gasteiger partial charge is 0.146 e. The van der Waals surface area contributed by atoms with Crippen molar-refractivity contribution in [3.8, 4) is 0 Å². The Morgan fingerprint density at radius 2 is 2.00 bits per heavy atom. The summed E-state index contributed by atoms with van der Waals surface area (Å²) in [4.78, 5) is 7.81. The van der Waals surface area contributed by atoms with Gasteiger partial charge in [-0.1, -0.05) is 0 Å². The highest BCUT2D eigenvalue weighted by Crippen LogP contribution is 2.29. The van der Waals surface area contributed by atoms with Gasteiger partial charge in [0.25, 0.3) is 0 Å². The van der Waals surface area contributed by atoms with E-state index in [1.807, 2.05) is 0 Å². The van der Waals surface area contributed by atoms with E-state index in [1.54, 1.807) is 6.92 Å². The summed E-state index contributed by atoms with van der Waals surface area (Å²) in [6.45, 7) is 1.63. The Hall–Kier alpha value is -1.40. The third kappa shape index (κ3) is 2.39. The van der Waals surface area contributed by atoms with Gasteiger partial charge < -0.3 is 5.11 Å². The van der Waals surface area contributed by atoms with Gasteiger partial charge in [-0.05, 0) is 41.1 Å². The van der Waals surface area contributed by atoms with E-state index in [0.29, 0.717) is 5.82 Å². The van der Waals surface area contributed by atoms with E-state index in [9.17, 15) is 13.9 Å². The van der Waals surface area contributed by atoms with Crippen LogP contribution in [-0.4, -0.2) is 15.1 Å². The number of benzene rings is 1. The Labute approximate surface area is 111 Å². The summed E-state index contributed by atoms with van der Waals surface area (Å²) in [6, 6.07) is 3.74. The standard InChI is InChI=1S/C12H9BrF2N2O/c1-6-16-5-4-9(17-6)12(18)10-8(14)3-2-7(13)11(10)15/h2-5,12,18H,1H3. The summed E-state index contributed by atoms with van der Waals surface area (Å²) in [5, 5.41) is 10.0. The fourth-order valence-electron chi connectivity index (χ4n) is 1.57. The quantitative estimate of drug-likeness (QED) is 0.867. The summed E-state index contributed by atoms with van der Waals surface area (Å²) in [6.07, 6.45) is -0.0431. The van der Waals surface area contributed by atoms with Crippen LogP contribution in [0.5, 0.6) is 0 Å². The minimum absolute atomic E-state index is 0.0868. The second-order valence-electron chi connectivity index (χ2n) is 3.69. The van der Waals surface area contributed by atoms with E-state index in [-0.39, 0.29) is 10.2 Å². The number of aryl methyl sites for hydroxylation is 1. The molecule has 0 saturated heterocycles. The van der Waals surface area contributed by atoms with Gasteiger partial charge in [-0.25, -0.2) is 18.7 Å². The van der Waals surface area contributed by atoms with Gasteiger partial charge >= 0.3 is 0 Å². The van der Waals surface area contributed by atoms with Crippen molar-refractivity contribution < 1.29 is 13.9 Å². The third-order valence-corrected chi connectivity index (χ3v) is 3.04. The van der Waals surface area contributed by atoms with Crippen LogP contribution in [0.4, 0.5) is 8.78 Å². The van der Waals surface area contributed by atoms with Crippen molar-refractivity contribution in [1.29, 1.82) is 0 Å². The number of nitrogens with zero attached hydrogens (tertiary/aromatic N) is 2. The average molecular weight is 315 g/mol. The molecular weight excluding hydrogens is 306 g/mol. The Balaban J connectivity index is 2.52. The molecule has 0 bridgehead atoms. The van der Waals surface area contributed by atoms with Gasteiger partial charge in [-0.3, -0.25) is 0 Å². The van der Waals surface area contributed by atoms with Gasteiger partial charge in [0.1, 0.15) is 23.6 Å². The molecule has 0 amide bonds. The van der Waals surface area contributed by atoms with Crippen molar-refractivity contribution in [2.75, 3.05) is 0 Å². The van der Waals surface area contributed by atoms with Gasteiger partial charge in [0.15, 0.2) is 0 Å². The molecule has 0 spiro atoms. The van der Waals surface area contributed by atoms with Gasteiger partial charge in [0.2, 0.25) is 0 Å². The molecule has 0 aliphatic carbocycles. The lowest BCUT2D eigenvalue weighted by Gasteiger charge is -2.13. The molecule has 1 aromatic carbocycles. The largest absolute Gasteiger partial charge is 0.382 e. The maximum atomic E-state index is 13.8. The first kappa shape index (κ1) is 13.0. The first-order valence-electron chi connectivity index (χ1n) is 5.11. The highest BCUT2D eigenvalue weighted by Gasteiger charge is 2.22. The van der Waals surface area contributed by atoms with Gasteiger partial charge in [-0.2, -0.15) is 0 Å². The minimum atomic E-state index is -1.47. The Morgan fingerprint density at radius 3 is 2.67 bits per heavy atom. The summed E-state index contributed by atoms with van der Waals surface area (Å²) < 4.78 is 27.5. The van der Waals surface area contributed by atoms with Crippen LogP contribution in [0.15, 0.2) is 28.9 Å². The molecule has 94 valence electrons. The molecule has 1 unspecified atom stereocenters. The van der Waals surface area contributed by atoms with Gasteiger partial charge in [0.05, 0.1) is 15.7 Å². The topological polar surface area (TPSA) is 46.0 Å². The third-order valence-electron chi connectivity index (χ3n) is 2.43. The fraction of sp³-hybridized carbons (Fsp3) is 0.167. The number of aliphatic hydroxyl groups is 1. The molecule has 0 radical (unpaired) electrons. The van der Waals surface area contributed by atoms with Crippen molar-refractivity contribution in [3.05, 3.63) is 57.6 Å². The van der Waals surface area contributed by atoms with Crippen LogP contribution in [-0.2, 0) is 0 Å². The van der Waals surface area contributed by atoms with E-state index in [2.05, 4.69) is 25.9 Å². The van der Waals surface area contributed by atoms with Crippen molar-refractivity contribution in [3.63, 3.8) is 0 Å². The molecule has 1 N–H and O–H groups in total. The van der Waals surface area contributed by atoms with Crippen molar-refractivity contribution in [2.24, 2.45) is 0 Å². The monoisotopic (exact) mass is 314 g/mol. The second-order valence-corrected chi connectivity index (χ2v) is 4.54. The lowest BCUT2D eigenvalue weighted by atomic mass is 10.1. The predicted molar refractivity (Wildman–Crippen MR) is 64.9 cm³/mol. The molecule has 2 aromatic rings. The number of aromatic nitrogens is 2. The molecule has 6 heteroatoms. The molecule has 0 aliphatic heterocycles. The molecule has 18 heavy (non-hydrogen) atoms. The average Bonchev–Trinajstić information content (AvgIpc) is 2.34. The minimum Gasteiger partial charge on any atom is -0.382 e. The fourth-order valence-corrected chi connectivity index (χ4v) is 1.91. The molecule has 1 heterocycles. The van der Waals surface area contributed by atoms with Crippen LogP contribution in [0.25, 0.3) is 0 Å². The summed E-state index contributed by atoms with van der Waals surface area (Å²) in [5.41, 5.74) is -0.277. The number of rotatable bonds is 2. The SMILES string of the molecule is Cc1nccc(C(O)c2c(F)ccc(Br)c2F)n1. The zero-order chi connectivity index (χ0) is 13.3. The molecular formula is C12H9BrF2N2O. The first-order chi connectivity index (χ1) is 8.50. The highest BCUT2D eigenvalue weighted by atomic mass is 79.9. The van der Waals surface area contributed by atoms with Crippen LogP contribution in [0.1, 0.15) is 23.2 Å². The molecule has 0 fully saturated rings. The van der Waals surface area contributed by atoms with E-state index in [1.165, 1.54) is 18.3 Å². The molecule has 2 rings (SSSR count). The van der Waals surface area contributed by atoms with Crippen LogP contribution < -0.4 is 0 Å². The molecule has 3 nitrogen and oxygen atoms in total. The Kier molecular flexibility index (Phi) is 3.68. The molecule has 0 saturated carbocycles. The van der Waals surface area contributed by atoms with Crippen LogP contribution >= 0.6 is 15.9 Å². The van der Waals surface area contributed by atoms with Crippen molar-refractivity contribution >= 4 is 15.9 Å². The Bertz CT molecular complexity index is 592. The summed E-state index contributed by atoms with van der Waals surface area (Å²) in [5.74, 6) is -1.24. The van der Waals surface area contributed by atoms with Crippen LogP contribution in [0, 0.1) is 18.6 Å². The lowest BCUT2D eigenvalue weighted by molar-refractivity contribution is 0.203. The molecule has 0 aliphatic rings. The maximum absolute atomic E-state index is 13.8. The van der Waals surface area contributed by atoms with Crippen LogP contribution in [0.3, 0.4) is 0 Å². The predicted octanol–water partition coefficient (Wildman–Crippen LogP) is 2.91. The maximum Gasteiger partial charge on any atom is 0.146 e. The normalized spacial score (nSPS) is 12.5. The molecule has 1 atom stereocenters. The Morgan fingerprint density at radius 1 is 1.28 bits per heavy atom. The van der Waals surface area contributed by atoms with Crippen molar-refractivity contribution in [1.82, 2.24) is 9.97 Å². The zero-order valence-corrected chi connectivity index (χ0v) is 10.9. The van der Waals surface area contributed by atoms with E-state index >= 15 is 0 Å². The number of hydrogen-bond donors (Lipinski definition) is 1. The second kappa shape index (κ2) is 5.07. The number of hydrogen-bond acceptors (Lipinski definition) is 3. The first-order valence-corrected chi connectivity index (χ1v) is 5.91. The van der Waals surface area contributed by atoms with E-state index in [4.69, 9.17) is 0 Å². The summed E-state index contributed by atoms with van der Waals surface area (Å²) in [7, 11) is 0.